The van der Waals surface area contributed by atoms with E-state index in [0.29, 0.717) is 23.3 Å². The van der Waals surface area contributed by atoms with Crippen molar-refractivity contribution in [1.82, 2.24) is 19.7 Å². The lowest BCUT2D eigenvalue weighted by Gasteiger charge is -2.27. The van der Waals surface area contributed by atoms with Crippen molar-refractivity contribution >= 4 is 40.1 Å². The highest BCUT2D eigenvalue weighted by molar-refractivity contribution is 6.42. The van der Waals surface area contributed by atoms with Gasteiger partial charge in [-0.25, -0.2) is 14.6 Å². The second-order valence-electron chi connectivity index (χ2n) is 5.19. The Labute approximate surface area is 142 Å². The van der Waals surface area contributed by atoms with Gasteiger partial charge >= 0.3 is 0 Å². The summed E-state index contributed by atoms with van der Waals surface area (Å²) in [6.07, 6.45) is 3.34. The zero-order valence-corrected chi connectivity index (χ0v) is 13.6. The van der Waals surface area contributed by atoms with Crippen LogP contribution >= 0.6 is 23.2 Å². The second kappa shape index (κ2) is 5.96. The van der Waals surface area contributed by atoms with Crippen molar-refractivity contribution in [3.63, 3.8) is 0 Å². The van der Waals surface area contributed by atoms with Crippen LogP contribution in [-0.4, -0.2) is 46.1 Å². The van der Waals surface area contributed by atoms with Crippen molar-refractivity contribution < 1.29 is 4.74 Å². The predicted octanol–water partition coefficient (Wildman–Crippen LogP) is 2.96. The number of hydrogen-bond acceptors (Lipinski definition) is 5. The van der Waals surface area contributed by atoms with Crippen molar-refractivity contribution in [2.24, 2.45) is 0 Å². The van der Waals surface area contributed by atoms with E-state index in [1.54, 1.807) is 29.3 Å². The summed E-state index contributed by atoms with van der Waals surface area (Å²) in [6, 6.07) is 5.38. The molecule has 3 aromatic rings. The summed E-state index contributed by atoms with van der Waals surface area (Å²) in [5.74, 6) is 0.879. The maximum Gasteiger partial charge on any atom is 0.168 e. The number of morpholine rings is 1. The van der Waals surface area contributed by atoms with E-state index in [1.807, 2.05) is 6.07 Å². The minimum atomic E-state index is 0.482. The Kier molecular flexibility index (Phi) is 3.80. The molecular weight excluding hydrogens is 337 g/mol. The first-order valence-corrected chi connectivity index (χ1v) is 7.96. The monoisotopic (exact) mass is 349 g/mol. The maximum absolute atomic E-state index is 6.11. The van der Waals surface area contributed by atoms with Crippen LogP contribution in [-0.2, 0) is 4.74 Å². The van der Waals surface area contributed by atoms with Gasteiger partial charge < -0.3 is 9.64 Å². The molecule has 0 unspecified atom stereocenters. The zero-order chi connectivity index (χ0) is 15.8. The number of benzene rings is 1. The highest BCUT2D eigenvalue weighted by Crippen LogP contribution is 2.28. The lowest BCUT2D eigenvalue weighted by atomic mass is 10.3. The summed E-state index contributed by atoms with van der Waals surface area (Å²) in [5, 5.41) is 6.34. The number of nitrogens with zero attached hydrogens (tertiary/aromatic N) is 5. The standard InChI is InChI=1S/C15H13Cl2N5O/c16-12-2-1-10(7-13(12)17)22-15-11(8-20-22)14(18-9-19-15)21-3-5-23-6-4-21/h1-2,7-9H,3-6H2. The van der Waals surface area contributed by atoms with Gasteiger partial charge in [-0.05, 0) is 18.2 Å². The van der Waals surface area contributed by atoms with E-state index < -0.39 is 0 Å². The van der Waals surface area contributed by atoms with Gasteiger partial charge in [-0.1, -0.05) is 23.2 Å². The third kappa shape index (κ3) is 2.63. The molecule has 0 N–H and O–H groups in total. The molecule has 1 fully saturated rings. The molecule has 8 heteroatoms. The summed E-state index contributed by atoms with van der Waals surface area (Å²) in [4.78, 5) is 11.0. The van der Waals surface area contributed by atoms with Gasteiger partial charge in [0, 0.05) is 13.1 Å². The minimum Gasteiger partial charge on any atom is -0.378 e. The van der Waals surface area contributed by atoms with E-state index in [2.05, 4.69) is 20.0 Å². The minimum absolute atomic E-state index is 0.482. The molecule has 118 valence electrons. The number of fused-ring (bicyclic) bond motifs is 1. The van der Waals surface area contributed by atoms with Gasteiger partial charge in [0.25, 0.3) is 0 Å². The van der Waals surface area contributed by atoms with Crippen molar-refractivity contribution in [3.8, 4) is 5.69 Å². The molecule has 1 aromatic carbocycles. The molecule has 1 aliphatic rings. The molecule has 0 radical (unpaired) electrons. The fourth-order valence-corrected chi connectivity index (χ4v) is 2.96. The van der Waals surface area contributed by atoms with Crippen molar-refractivity contribution in [1.29, 1.82) is 0 Å². The van der Waals surface area contributed by atoms with Crippen LogP contribution in [0.4, 0.5) is 5.82 Å². The summed E-state index contributed by atoms with van der Waals surface area (Å²) in [7, 11) is 0. The number of hydrogen-bond donors (Lipinski definition) is 0. The van der Waals surface area contributed by atoms with E-state index in [1.165, 1.54) is 0 Å². The number of rotatable bonds is 2. The summed E-state index contributed by atoms with van der Waals surface area (Å²) >= 11 is 12.1. The van der Waals surface area contributed by atoms with Crippen LogP contribution in [0, 0.1) is 0 Å². The molecule has 6 nitrogen and oxygen atoms in total. The summed E-state index contributed by atoms with van der Waals surface area (Å²) < 4.78 is 7.14. The molecule has 1 saturated heterocycles. The summed E-state index contributed by atoms with van der Waals surface area (Å²) in [6.45, 7) is 3.02. The first-order chi connectivity index (χ1) is 11.2. The number of aromatic nitrogens is 4. The number of ether oxygens (including phenoxy) is 1. The number of halogens is 2. The first kappa shape index (κ1) is 14.7. The van der Waals surface area contributed by atoms with Crippen LogP contribution in [0.25, 0.3) is 16.7 Å². The molecule has 2 aromatic heterocycles. The zero-order valence-electron chi connectivity index (χ0n) is 12.1. The summed E-state index contributed by atoms with van der Waals surface area (Å²) in [5.41, 5.74) is 1.54. The van der Waals surface area contributed by atoms with Gasteiger partial charge in [-0.2, -0.15) is 5.10 Å². The van der Waals surface area contributed by atoms with Gasteiger partial charge in [0.1, 0.15) is 12.1 Å². The molecule has 0 saturated carbocycles. The molecule has 0 spiro atoms. The molecule has 0 atom stereocenters. The first-order valence-electron chi connectivity index (χ1n) is 7.21. The third-order valence-electron chi connectivity index (χ3n) is 3.80. The van der Waals surface area contributed by atoms with Crippen molar-refractivity contribution in [3.05, 3.63) is 40.8 Å². The molecule has 23 heavy (non-hydrogen) atoms. The van der Waals surface area contributed by atoms with Crippen molar-refractivity contribution in [2.45, 2.75) is 0 Å². The molecule has 1 aliphatic heterocycles. The Morgan fingerprint density at radius 2 is 1.87 bits per heavy atom. The van der Waals surface area contributed by atoms with Gasteiger partial charge in [0.2, 0.25) is 0 Å². The van der Waals surface area contributed by atoms with Crippen LogP contribution in [0.3, 0.4) is 0 Å². The number of anilines is 1. The van der Waals surface area contributed by atoms with Crippen LogP contribution in [0.5, 0.6) is 0 Å². The quantitative estimate of drug-likeness (QED) is 0.711. The highest BCUT2D eigenvalue weighted by Gasteiger charge is 2.18. The normalized spacial score (nSPS) is 15.3. The van der Waals surface area contributed by atoms with Crippen LogP contribution in [0.2, 0.25) is 10.0 Å². The second-order valence-corrected chi connectivity index (χ2v) is 6.00. The van der Waals surface area contributed by atoms with Crippen LogP contribution in [0.15, 0.2) is 30.7 Å². The topological polar surface area (TPSA) is 56.1 Å². The predicted molar refractivity (Wildman–Crippen MR) is 89.7 cm³/mol. The van der Waals surface area contributed by atoms with E-state index in [9.17, 15) is 0 Å². The molecule has 4 rings (SSSR count). The van der Waals surface area contributed by atoms with Crippen LogP contribution in [0.1, 0.15) is 0 Å². The van der Waals surface area contributed by atoms with Gasteiger partial charge in [-0.15, -0.1) is 0 Å². The van der Waals surface area contributed by atoms with Crippen molar-refractivity contribution in [2.75, 3.05) is 31.2 Å². The SMILES string of the molecule is Clc1ccc(-n2ncc3c(N4CCOCC4)ncnc32)cc1Cl. The van der Waals surface area contributed by atoms with Gasteiger partial charge in [0.15, 0.2) is 5.65 Å². The average Bonchev–Trinajstić information content (AvgIpc) is 3.02. The smallest absolute Gasteiger partial charge is 0.168 e. The molecule has 0 bridgehead atoms. The van der Waals surface area contributed by atoms with E-state index in [-0.39, 0.29) is 0 Å². The molecule has 0 amide bonds. The lowest BCUT2D eigenvalue weighted by Crippen LogP contribution is -2.36. The highest BCUT2D eigenvalue weighted by atomic mass is 35.5. The Balaban J connectivity index is 1.82. The average molecular weight is 350 g/mol. The van der Waals surface area contributed by atoms with Gasteiger partial charge in [0.05, 0.1) is 40.5 Å². The molecule has 0 aliphatic carbocycles. The fraction of sp³-hybridized carbons (Fsp3) is 0.267. The Morgan fingerprint density at radius 1 is 1.04 bits per heavy atom. The van der Waals surface area contributed by atoms with E-state index >= 15 is 0 Å². The molecule has 3 heterocycles. The molecular formula is C15H13Cl2N5O. The van der Waals surface area contributed by atoms with Crippen LogP contribution < -0.4 is 4.90 Å². The van der Waals surface area contributed by atoms with E-state index in [4.69, 9.17) is 27.9 Å². The lowest BCUT2D eigenvalue weighted by molar-refractivity contribution is 0.122. The Hall–Kier alpha value is -1.89. The Morgan fingerprint density at radius 3 is 2.65 bits per heavy atom. The fourth-order valence-electron chi connectivity index (χ4n) is 2.66. The van der Waals surface area contributed by atoms with E-state index in [0.717, 1.165) is 35.6 Å². The Bertz CT molecular complexity index is 860. The maximum atomic E-state index is 6.11. The third-order valence-corrected chi connectivity index (χ3v) is 4.54. The largest absolute Gasteiger partial charge is 0.378 e. The van der Waals surface area contributed by atoms with Gasteiger partial charge in [-0.3, -0.25) is 0 Å².